The Bertz CT molecular complexity index is 432. The Morgan fingerprint density at radius 2 is 2.05 bits per heavy atom. The molecule has 1 aliphatic rings. The first kappa shape index (κ1) is 16.1. The standard InChI is InChI=1S/C16H25NO4/c1-18-15-7-6-12(9-16(15)19-2)14(17)11-20-10-13-5-3-4-8-21-13/h6-7,9,13-14H,3-5,8,10-11,17H2,1-2H3. The van der Waals surface area contributed by atoms with Crippen molar-refractivity contribution in [2.75, 3.05) is 34.0 Å². The Kier molecular flexibility index (Phi) is 6.29. The average molecular weight is 295 g/mol. The number of ether oxygens (including phenoxy) is 4. The van der Waals surface area contributed by atoms with Gasteiger partial charge in [0.15, 0.2) is 11.5 Å². The van der Waals surface area contributed by atoms with E-state index >= 15 is 0 Å². The quantitative estimate of drug-likeness (QED) is 0.836. The molecule has 0 saturated carbocycles. The van der Waals surface area contributed by atoms with Crippen molar-refractivity contribution in [3.63, 3.8) is 0 Å². The van der Waals surface area contributed by atoms with Crippen LogP contribution in [0.3, 0.4) is 0 Å². The van der Waals surface area contributed by atoms with Gasteiger partial charge in [-0.2, -0.15) is 0 Å². The maximum atomic E-state index is 6.16. The van der Waals surface area contributed by atoms with Crippen molar-refractivity contribution in [1.29, 1.82) is 0 Å². The number of nitrogens with two attached hydrogens (primary N) is 1. The first-order valence-electron chi connectivity index (χ1n) is 7.41. The molecule has 0 spiro atoms. The molecule has 1 heterocycles. The smallest absolute Gasteiger partial charge is 0.161 e. The van der Waals surface area contributed by atoms with Crippen molar-refractivity contribution in [2.24, 2.45) is 5.73 Å². The van der Waals surface area contributed by atoms with Crippen LogP contribution >= 0.6 is 0 Å². The summed E-state index contributed by atoms with van der Waals surface area (Å²) >= 11 is 0. The van der Waals surface area contributed by atoms with Crippen molar-refractivity contribution in [3.8, 4) is 11.5 Å². The largest absolute Gasteiger partial charge is 0.493 e. The molecule has 1 saturated heterocycles. The predicted molar refractivity (Wildman–Crippen MR) is 80.9 cm³/mol. The van der Waals surface area contributed by atoms with E-state index in [9.17, 15) is 0 Å². The molecule has 1 aromatic carbocycles. The van der Waals surface area contributed by atoms with Crippen LogP contribution in [0.15, 0.2) is 18.2 Å². The van der Waals surface area contributed by atoms with Gasteiger partial charge in [-0.1, -0.05) is 6.07 Å². The molecular formula is C16H25NO4. The summed E-state index contributed by atoms with van der Waals surface area (Å²) in [6.07, 6.45) is 3.67. The number of hydrogen-bond donors (Lipinski definition) is 1. The van der Waals surface area contributed by atoms with Crippen molar-refractivity contribution in [3.05, 3.63) is 23.8 Å². The molecule has 5 nitrogen and oxygen atoms in total. The molecule has 5 heteroatoms. The van der Waals surface area contributed by atoms with Gasteiger partial charge in [0, 0.05) is 6.61 Å². The van der Waals surface area contributed by atoms with Crippen molar-refractivity contribution in [2.45, 2.75) is 31.4 Å². The van der Waals surface area contributed by atoms with E-state index < -0.39 is 0 Å². The van der Waals surface area contributed by atoms with Gasteiger partial charge >= 0.3 is 0 Å². The lowest BCUT2D eigenvalue weighted by molar-refractivity contribution is -0.0428. The number of rotatable bonds is 7. The fourth-order valence-corrected chi connectivity index (χ4v) is 2.44. The van der Waals surface area contributed by atoms with E-state index in [2.05, 4.69) is 0 Å². The molecule has 0 aromatic heterocycles. The summed E-state index contributed by atoms with van der Waals surface area (Å²) in [5, 5.41) is 0. The Labute approximate surface area is 126 Å². The van der Waals surface area contributed by atoms with E-state index in [1.807, 2.05) is 18.2 Å². The van der Waals surface area contributed by atoms with E-state index in [1.54, 1.807) is 14.2 Å². The molecule has 0 aliphatic carbocycles. The summed E-state index contributed by atoms with van der Waals surface area (Å²) in [5.74, 6) is 1.38. The minimum atomic E-state index is -0.187. The van der Waals surface area contributed by atoms with Crippen LogP contribution in [0.2, 0.25) is 0 Å². The van der Waals surface area contributed by atoms with Crippen molar-refractivity contribution >= 4 is 0 Å². The van der Waals surface area contributed by atoms with Gasteiger partial charge in [-0.15, -0.1) is 0 Å². The maximum Gasteiger partial charge on any atom is 0.161 e. The van der Waals surface area contributed by atoms with Gasteiger partial charge in [-0.05, 0) is 37.0 Å². The van der Waals surface area contributed by atoms with E-state index in [0.29, 0.717) is 24.7 Å². The lowest BCUT2D eigenvalue weighted by atomic mass is 10.1. The normalized spacial score (nSPS) is 20.0. The van der Waals surface area contributed by atoms with E-state index in [0.717, 1.165) is 25.0 Å². The lowest BCUT2D eigenvalue weighted by Crippen LogP contribution is -2.26. The molecule has 1 aromatic rings. The lowest BCUT2D eigenvalue weighted by Gasteiger charge is -2.23. The summed E-state index contributed by atoms with van der Waals surface area (Å²) in [6.45, 7) is 1.92. The minimum Gasteiger partial charge on any atom is -0.493 e. The zero-order valence-corrected chi connectivity index (χ0v) is 12.8. The second-order valence-electron chi connectivity index (χ2n) is 5.25. The van der Waals surface area contributed by atoms with E-state index in [4.69, 9.17) is 24.7 Å². The fourth-order valence-electron chi connectivity index (χ4n) is 2.44. The van der Waals surface area contributed by atoms with Crippen LogP contribution in [-0.2, 0) is 9.47 Å². The highest BCUT2D eigenvalue weighted by Gasteiger charge is 2.15. The van der Waals surface area contributed by atoms with Crippen LogP contribution in [0, 0.1) is 0 Å². The van der Waals surface area contributed by atoms with Gasteiger partial charge < -0.3 is 24.7 Å². The Morgan fingerprint density at radius 3 is 2.71 bits per heavy atom. The SMILES string of the molecule is COc1ccc(C(N)COCC2CCCCO2)cc1OC. The predicted octanol–water partition coefficient (Wildman–Crippen LogP) is 2.29. The van der Waals surface area contributed by atoms with Crippen LogP contribution in [0.4, 0.5) is 0 Å². The van der Waals surface area contributed by atoms with Gasteiger partial charge in [-0.25, -0.2) is 0 Å². The van der Waals surface area contributed by atoms with E-state index in [1.165, 1.54) is 6.42 Å². The molecule has 1 fully saturated rings. The van der Waals surface area contributed by atoms with Gasteiger partial charge in [0.25, 0.3) is 0 Å². The Hall–Kier alpha value is -1.30. The highest BCUT2D eigenvalue weighted by Crippen LogP contribution is 2.29. The number of benzene rings is 1. The molecular weight excluding hydrogens is 270 g/mol. The number of methoxy groups -OCH3 is 2. The molecule has 1 aliphatic heterocycles. The fraction of sp³-hybridized carbons (Fsp3) is 0.625. The summed E-state index contributed by atoms with van der Waals surface area (Å²) < 4.78 is 21.8. The molecule has 0 amide bonds. The summed E-state index contributed by atoms with van der Waals surface area (Å²) in [6, 6.07) is 5.50. The van der Waals surface area contributed by atoms with Crippen LogP contribution in [-0.4, -0.2) is 40.1 Å². The third-order valence-electron chi connectivity index (χ3n) is 3.71. The van der Waals surface area contributed by atoms with E-state index in [-0.39, 0.29) is 12.1 Å². The van der Waals surface area contributed by atoms with Gasteiger partial charge in [0.2, 0.25) is 0 Å². The Morgan fingerprint density at radius 1 is 1.24 bits per heavy atom. The molecule has 2 atom stereocenters. The highest BCUT2D eigenvalue weighted by atomic mass is 16.5. The average Bonchev–Trinajstić information content (AvgIpc) is 2.55. The van der Waals surface area contributed by atoms with Gasteiger partial charge in [0.05, 0.1) is 39.6 Å². The molecule has 2 unspecified atom stereocenters. The zero-order chi connectivity index (χ0) is 15.1. The number of hydrogen-bond acceptors (Lipinski definition) is 5. The van der Waals surface area contributed by atoms with Crippen LogP contribution in [0.1, 0.15) is 30.9 Å². The molecule has 2 rings (SSSR count). The summed E-state index contributed by atoms with van der Waals surface area (Å²) in [5.41, 5.74) is 7.13. The van der Waals surface area contributed by atoms with Gasteiger partial charge in [-0.3, -0.25) is 0 Å². The first-order valence-corrected chi connectivity index (χ1v) is 7.41. The summed E-state index contributed by atoms with van der Waals surface area (Å²) in [7, 11) is 3.23. The Balaban J connectivity index is 1.83. The van der Waals surface area contributed by atoms with Crippen LogP contribution in [0.5, 0.6) is 11.5 Å². The van der Waals surface area contributed by atoms with Crippen molar-refractivity contribution in [1.82, 2.24) is 0 Å². The van der Waals surface area contributed by atoms with Crippen LogP contribution in [0.25, 0.3) is 0 Å². The molecule has 21 heavy (non-hydrogen) atoms. The second kappa shape index (κ2) is 8.22. The van der Waals surface area contributed by atoms with Crippen LogP contribution < -0.4 is 15.2 Å². The first-order chi connectivity index (χ1) is 10.2. The molecule has 2 N–H and O–H groups in total. The third-order valence-corrected chi connectivity index (χ3v) is 3.71. The zero-order valence-electron chi connectivity index (χ0n) is 12.8. The minimum absolute atomic E-state index is 0.187. The maximum absolute atomic E-state index is 6.16. The molecule has 0 bridgehead atoms. The van der Waals surface area contributed by atoms with Gasteiger partial charge in [0.1, 0.15) is 0 Å². The van der Waals surface area contributed by atoms with Crippen molar-refractivity contribution < 1.29 is 18.9 Å². The second-order valence-corrected chi connectivity index (χ2v) is 5.25. The summed E-state index contributed by atoms with van der Waals surface area (Å²) in [4.78, 5) is 0. The molecule has 0 radical (unpaired) electrons. The highest BCUT2D eigenvalue weighted by molar-refractivity contribution is 5.43. The topological polar surface area (TPSA) is 62.9 Å². The molecule has 118 valence electrons. The third kappa shape index (κ3) is 4.59. The monoisotopic (exact) mass is 295 g/mol.